The molecule has 0 amide bonds. The Morgan fingerprint density at radius 3 is 2.19 bits per heavy atom. The molecule has 1 unspecified atom stereocenters. The molecule has 0 aliphatic heterocycles. The van der Waals surface area contributed by atoms with Crippen LogP contribution in [0.15, 0.2) is 60.0 Å². The van der Waals surface area contributed by atoms with Crippen molar-refractivity contribution in [2.75, 3.05) is 0 Å². The molecule has 2 aromatic carbocycles. The molecule has 0 saturated carbocycles. The average Bonchev–Trinajstić information content (AvgIpc) is 3.13. The fraction of sp³-hybridized carbons (Fsp3) is 0.273. The molecule has 0 fully saturated rings. The van der Waals surface area contributed by atoms with Crippen LogP contribution in [0.4, 0.5) is 13.2 Å². The maximum Gasteiger partial charge on any atom is 0.416 e. The maximum atomic E-state index is 12.7. The van der Waals surface area contributed by atoms with Crippen LogP contribution in [0, 0.1) is 12.8 Å². The number of benzene rings is 2. The van der Waals surface area contributed by atoms with Crippen LogP contribution in [0.3, 0.4) is 0 Å². The van der Waals surface area contributed by atoms with Gasteiger partial charge in [0.2, 0.25) is 0 Å². The Morgan fingerprint density at radius 1 is 0.963 bits per heavy atom. The van der Waals surface area contributed by atoms with Gasteiger partial charge in [-0.1, -0.05) is 38.1 Å². The third-order valence-electron chi connectivity index (χ3n) is 4.41. The summed E-state index contributed by atoms with van der Waals surface area (Å²) in [5, 5.41) is 2.03. The second kappa shape index (κ2) is 7.77. The Labute approximate surface area is 161 Å². The van der Waals surface area contributed by atoms with E-state index < -0.39 is 11.7 Å². The molecule has 0 aliphatic carbocycles. The highest BCUT2D eigenvalue weighted by Gasteiger charge is 2.30. The molecular weight excluding hydrogens is 369 g/mol. The van der Waals surface area contributed by atoms with Gasteiger partial charge in [-0.3, -0.25) is 0 Å². The van der Waals surface area contributed by atoms with Crippen LogP contribution in [0.2, 0.25) is 0 Å². The molecule has 0 aliphatic rings. The molecule has 142 valence electrons. The Hall–Kier alpha value is -2.27. The van der Waals surface area contributed by atoms with E-state index in [9.17, 15) is 13.2 Å². The molecule has 3 rings (SSSR count). The fourth-order valence-electron chi connectivity index (χ4n) is 2.99. The third kappa shape index (κ3) is 4.53. The number of ether oxygens (including phenoxy) is 1. The van der Waals surface area contributed by atoms with Crippen molar-refractivity contribution in [2.45, 2.75) is 33.1 Å². The summed E-state index contributed by atoms with van der Waals surface area (Å²) in [6.07, 6.45) is -4.35. The van der Waals surface area contributed by atoms with Crippen molar-refractivity contribution in [1.29, 1.82) is 0 Å². The number of aryl methyl sites for hydroxylation is 1. The molecule has 1 nitrogen and oxygen atoms in total. The van der Waals surface area contributed by atoms with Gasteiger partial charge in [-0.25, -0.2) is 0 Å². The molecule has 0 bridgehead atoms. The van der Waals surface area contributed by atoms with E-state index in [1.807, 2.05) is 36.6 Å². The van der Waals surface area contributed by atoms with E-state index in [0.717, 1.165) is 34.6 Å². The first-order chi connectivity index (χ1) is 12.8. The molecule has 3 aromatic rings. The predicted octanol–water partition coefficient (Wildman–Crippen LogP) is 7.52. The summed E-state index contributed by atoms with van der Waals surface area (Å²) in [6.45, 7) is 6.18. The first-order valence-corrected chi connectivity index (χ1v) is 9.62. The summed E-state index contributed by atoms with van der Waals surface area (Å²) in [4.78, 5) is 1.18. The number of thiophene rings is 1. The van der Waals surface area contributed by atoms with Gasteiger partial charge in [0.1, 0.15) is 11.9 Å². The lowest BCUT2D eigenvalue weighted by molar-refractivity contribution is -0.137. The summed E-state index contributed by atoms with van der Waals surface area (Å²) in [6, 6.07) is 15.0. The molecular formula is C22H21F3OS. The monoisotopic (exact) mass is 390 g/mol. The van der Waals surface area contributed by atoms with Crippen molar-refractivity contribution in [3.63, 3.8) is 0 Å². The van der Waals surface area contributed by atoms with Crippen LogP contribution in [-0.2, 0) is 6.18 Å². The summed E-state index contributed by atoms with van der Waals surface area (Å²) in [7, 11) is 0. The molecule has 27 heavy (non-hydrogen) atoms. The van der Waals surface area contributed by atoms with Crippen LogP contribution in [0.1, 0.15) is 36.0 Å². The zero-order chi connectivity index (χ0) is 19.6. The van der Waals surface area contributed by atoms with Crippen LogP contribution in [-0.4, -0.2) is 0 Å². The highest BCUT2D eigenvalue weighted by molar-refractivity contribution is 7.10. The molecule has 5 heteroatoms. The summed E-state index contributed by atoms with van der Waals surface area (Å²) >= 11 is 1.67. The minimum atomic E-state index is -4.32. The van der Waals surface area contributed by atoms with E-state index in [4.69, 9.17) is 4.74 Å². The molecule has 0 radical (unpaired) electrons. The Balaban J connectivity index is 1.83. The van der Waals surface area contributed by atoms with Crippen molar-refractivity contribution >= 4 is 11.3 Å². The van der Waals surface area contributed by atoms with Crippen LogP contribution in [0.5, 0.6) is 5.75 Å². The number of rotatable bonds is 5. The first-order valence-electron chi connectivity index (χ1n) is 8.74. The van der Waals surface area contributed by atoms with Crippen LogP contribution >= 0.6 is 11.3 Å². The minimum Gasteiger partial charge on any atom is -0.485 e. The number of halogens is 3. The van der Waals surface area contributed by atoms with Gasteiger partial charge >= 0.3 is 6.18 Å². The topological polar surface area (TPSA) is 9.23 Å². The highest BCUT2D eigenvalue weighted by atomic mass is 32.1. The molecule has 1 aromatic heterocycles. The summed E-state index contributed by atoms with van der Waals surface area (Å²) < 4.78 is 44.4. The van der Waals surface area contributed by atoms with E-state index in [0.29, 0.717) is 5.92 Å². The van der Waals surface area contributed by atoms with Gasteiger partial charge in [0.05, 0.1) is 5.56 Å². The zero-order valence-corrected chi connectivity index (χ0v) is 16.2. The average molecular weight is 390 g/mol. The van der Waals surface area contributed by atoms with Gasteiger partial charge < -0.3 is 4.74 Å². The predicted molar refractivity (Wildman–Crippen MR) is 104 cm³/mol. The smallest absolute Gasteiger partial charge is 0.416 e. The Morgan fingerprint density at radius 2 is 1.67 bits per heavy atom. The summed E-state index contributed by atoms with van der Waals surface area (Å²) in [5.74, 6) is 1.08. The zero-order valence-electron chi connectivity index (χ0n) is 15.4. The lowest BCUT2D eigenvalue weighted by Gasteiger charge is -2.22. The van der Waals surface area contributed by atoms with E-state index in [1.54, 1.807) is 11.3 Å². The van der Waals surface area contributed by atoms with Crippen LogP contribution < -0.4 is 4.74 Å². The van der Waals surface area contributed by atoms with Crippen molar-refractivity contribution < 1.29 is 17.9 Å². The molecule has 0 N–H and O–H groups in total. The fourth-order valence-corrected chi connectivity index (χ4v) is 3.92. The summed E-state index contributed by atoms with van der Waals surface area (Å²) in [5.41, 5.74) is 1.97. The lowest BCUT2D eigenvalue weighted by Crippen LogP contribution is -2.12. The SMILES string of the molecule is Cc1cc(OC(c2cccs2)C(C)C)ccc1-c1ccc(C(F)(F)F)cc1. The Kier molecular flexibility index (Phi) is 5.61. The van der Waals surface area contributed by atoms with Gasteiger partial charge in [-0.05, 0) is 65.2 Å². The van der Waals surface area contributed by atoms with Crippen molar-refractivity contribution in [3.8, 4) is 16.9 Å². The van der Waals surface area contributed by atoms with E-state index in [1.165, 1.54) is 17.0 Å². The quantitative estimate of drug-likeness (QED) is 0.438. The van der Waals surface area contributed by atoms with Gasteiger partial charge in [-0.15, -0.1) is 11.3 Å². The van der Waals surface area contributed by atoms with E-state index >= 15 is 0 Å². The second-order valence-electron chi connectivity index (χ2n) is 6.85. The normalized spacial score (nSPS) is 13.0. The Bertz CT molecular complexity index is 881. The largest absolute Gasteiger partial charge is 0.485 e. The molecule has 0 spiro atoms. The van der Waals surface area contributed by atoms with Gasteiger partial charge in [0, 0.05) is 4.88 Å². The van der Waals surface area contributed by atoms with Gasteiger partial charge in [0.25, 0.3) is 0 Å². The van der Waals surface area contributed by atoms with E-state index in [-0.39, 0.29) is 6.10 Å². The maximum absolute atomic E-state index is 12.7. The first kappa shape index (κ1) is 19.5. The number of hydrogen-bond acceptors (Lipinski definition) is 2. The second-order valence-corrected chi connectivity index (χ2v) is 7.83. The third-order valence-corrected chi connectivity index (χ3v) is 5.35. The standard InChI is InChI=1S/C22H21F3OS/c1-14(2)21(20-5-4-12-27-20)26-18-10-11-19(15(3)13-18)16-6-8-17(9-7-16)22(23,24)25/h4-14,21H,1-3H3. The molecule has 1 atom stereocenters. The van der Waals surface area contributed by atoms with E-state index in [2.05, 4.69) is 19.9 Å². The lowest BCUT2D eigenvalue weighted by atomic mass is 9.99. The number of hydrogen-bond donors (Lipinski definition) is 0. The van der Waals surface area contributed by atoms with Crippen molar-refractivity contribution in [1.82, 2.24) is 0 Å². The highest BCUT2D eigenvalue weighted by Crippen LogP contribution is 2.35. The number of alkyl halides is 3. The van der Waals surface area contributed by atoms with Crippen LogP contribution in [0.25, 0.3) is 11.1 Å². The minimum absolute atomic E-state index is 0.0266. The van der Waals surface area contributed by atoms with Crippen molar-refractivity contribution in [2.24, 2.45) is 5.92 Å². The molecule has 1 heterocycles. The molecule has 0 saturated heterocycles. The van der Waals surface area contributed by atoms with Gasteiger partial charge in [0.15, 0.2) is 0 Å². The van der Waals surface area contributed by atoms with Crippen molar-refractivity contribution in [3.05, 3.63) is 76.0 Å². The van der Waals surface area contributed by atoms with Gasteiger partial charge in [-0.2, -0.15) is 13.2 Å².